The Kier molecular flexibility index (Phi) is 7.98. The monoisotopic (exact) mass is 822 g/mol. The second kappa shape index (κ2) is 14.2. The molecule has 0 atom stereocenters. The minimum absolute atomic E-state index is 0.641. The van der Waals surface area contributed by atoms with Crippen LogP contribution in [0.3, 0.4) is 0 Å². The average molecular weight is 823 g/mol. The molecule has 8 aromatic carbocycles. The molecule has 0 bridgehead atoms. The average Bonchev–Trinajstić information content (AvgIpc) is 3.99. The van der Waals surface area contributed by atoms with Crippen molar-refractivity contribution < 1.29 is 0 Å². The smallest absolute Gasteiger partial charge is 0.235 e. The number of aromatic nitrogens is 6. The summed E-state index contributed by atoms with van der Waals surface area (Å²) in [6.45, 7) is 0. The normalized spacial score (nSPS) is 11.8. The molecule has 0 spiro atoms. The van der Waals surface area contributed by atoms with Crippen molar-refractivity contribution in [1.82, 2.24) is 29.1 Å². The van der Waals surface area contributed by atoms with Crippen LogP contribution < -0.4 is 0 Å². The second-order valence-corrected chi connectivity index (χ2v) is 17.0. The molecule has 0 aliphatic heterocycles. The summed E-state index contributed by atoms with van der Waals surface area (Å²) < 4.78 is 7.00. The Morgan fingerprint density at radius 1 is 0.302 bits per heavy atom. The van der Waals surface area contributed by atoms with Gasteiger partial charge in [-0.1, -0.05) is 158 Å². The highest BCUT2D eigenvalue weighted by molar-refractivity contribution is 7.26. The molecule has 13 rings (SSSR count). The molecule has 0 saturated heterocycles. The van der Waals surface area contributed by atoms with Gasteiger partial charge in [0.2, 0.25) is 5.95 Å². The van der Waals surface area contributed by atoms with Crippen LogP contribution in [0.1, 0.15) is 0 Å². The summed E-state index contributed by atoms with van der Waals surface area (Å²) in [5.74, 6) is 2.15. The van der Waals surface area contributed by atoms with E-state index in [4.69, 9.17) is 19.9 Å². The third-order valence-electron chi connectivity index (χ3n) is 12.2. The fraction of sp³-hybridized carbons (Fsp3) is 0. The quantitative estimate of drug-likeness (QED) is 0.168. The SMILES string of the molecule is c1ccc(-c2cc(-n3c4ccccc4c4cc5sc6cc7c(cc6c5cc43)c3ccccc3n7-c3nc(-c4ccccc4)cc(-c4ccccc4)n3)nc(-c3ccccc3)n2)cc1. The van der Waals surface area contributed by atoms with Gasteiger partial charge in [-0.25, -0.2) is 19.9 Å². The van der Waals surface area contributed by atoms with Crippen LogP contribution in [-0.2, 0) is 0 Å². The van der Waals surface area contributed by atoms with Gasteiger partial charge in [0.25, 0.3) is 0 Å². The molecule has 5 aromatic heterocycles. The minimum atomic E-state index is 0.641. The predicted octanol–water partition coefficient (Wildman–Crippen LogP) is 14.5. The van der Waals surface area contributed by atoms with Crippen LogP contribution in [0.25, 0.3) is 121 Å². The number of thiophene rings is 1. The van der Waals surface area contributed by atoms with E-state index in [1.807, 2.05) is 47.7 Å². The van der Waals surface area contributed by atoms with Crippen molar-refractivity contribution in [3.63, 3.8) is 0 Å². The van der Waals surface area contributed by atoms with E-state index in [0.29, 0.717) is 11.8 Å². The van der Waals surface area contributed by atoms with E-state index in [2.05, 4.69) is 179 Å². The molecule has 0 N–H and O–H groups in total. The molecule has 5 heterocycles. The van der Waals surface area contributed by atoms with Crippen molar-refractivity contribution in [2.75, 3.05) is 0 Å². The zero-order valence-electron chi connectivity index (χ0n) is 33.7. The maximum absolute atomic E-state index is 5.30. The molecule has 0 unspecified atom stereocenters. The second-order valence-electron chi connectivity index (χ2n) is 15.9. The topological polar surface area (TPSA) is 61.4 Å². The van der Waals surface area contributed by atoms with Gasteiger partial charge in [-0.3, -0.25) is 9.13 Å². The standard InChI is InChI=1S/C56H34N6S/c1-5-17-35(18-6-1)45-32-46(36-19-7-2-8-20-36)59-56(58-45)62-49-28-16-14-25-39(49)41-29-43-44-30-50-42(31-52(44)63-53(43)34-51(41)62)40-26-13-15-27-48(40)61(50)54-33-47(37-21-9-3-10-22-37)57-55(60-54)38-23-11-4-12-24-38/h1-34H. The molecule has 7 heteroatoms. The van der Waals surface area contributed by atoms with Gasteiger partial charge in [0.15, 0.2) is 5.82 Å². The van der Waals surface area contributed by atoms with Crippen LogP contribution in [0.4, 0.5) is 0 Å². The van der Waals surface area contributed by atoms with Gasteiger partial charge in [0, 0.05) is 70.0 Å². The molecule has 6 nitrogen and oxygen atoms in total. The summed E-state index contributed by atoms with van der Waals surface area (Å²) in [7, 11) is 0. The van der Waals surface area contributed by atoms with Crippen LogP contribution >= 0.6 is 11.3 Å². The van der Waals surface area contributed by atoms with Crippen molar-refractivity contribution in [3.8, 4) is 56.9 Å². The highest BCUT2D eigenvalue weighted by Crippen LogP contribution is 2.44. The summed E-state index contributed by atoms with van der Waals surface area (Å²) >= 11 is 1.83. The van der Waals surface area contributed by atoms with Crippen molar-refractivity contribution in [3.05, 3.63) is 206 Å². The number of para-hydroxylation sites is 2. The van der Waals surface area contributed by atoms with E-state index in [0.717, 1.165) is 78.0 Å². The molecule has 63 heavy (non-hydrogen) atoms. The Morgan fingerprint density at radius 2 is 0.762 bits per heavy atom. The molecular formula is C56H34N6S. The molecule has 0 amide bonds. The maximum Gasteiger partial charge on any atom is 0.235 e. The summed E-state index contributed by atoms with van der Waals surface area (Å²) in [5.41, 5.74) is 11.1. The van der Waals surface area contributed by atoms with Gasteiger partial charge in [0.1, 0.15) is 5.82 Å². The molecule has 294 valence electrons. The zero-order chi connectivity index (χ0) is 41.4. The van der Waals surface area contributed by atoms with E-state index in [1.165, 1.54) is 30.9 Å². The lowest BCUT2D eigenvalue weighted by atomic mass is 10.1. The highest BCUT2D eigenvalue weighted by Gasteiger charge is 2.22. The number of benzene rings is 8. The van der Waals surface area contributed by atoms with Gasteiger partial charge in [0.05, 0.1) is 39.1 Å². The third kappa shape index (κ3) is 5.78. The van der Waals surface area contributed by atoms with Crippen molar-refractivity contribution in [1.29, 1.82) is 0 Å². The van der Waals surface area contributed by atoms with Crippen molar-refractivity contribution >= 4 is 75.1 Å². The van der Waals surface area contributed by atoms with E-state index >= 15 is 0 Å². The maximum atomic E-state index is 5.30. The Hall–Kier alpha value is -8.26. The fourth-order valence-corrected chi connectivity index (χ4v) is 10.4. The Balaban J connectivity index is 1.06. The van der Waals surface area contributed by atoms with Crippen molar-refractivity contribution in [2.24, 2.45) is 0 Å². The number of hydrogen-bond donors (Lipinski definition) is 0. The number of rotatable bonds is 6. The summed E-state index contributed by atoms with van der Waals surface area (Å²) in [5, 5.41) is 7.10. The van der Waals surface area contributed by atoms with Crippen LogP contribution in [0.5, 0.6) is 0 Å². The number of nitrogens with zero attached hydrogens (tertiary/aromatic N) is 6. The first kappa shape index (κ1) is 35.5. The zero-order valence-corrected chi connectivity index (χ0v) is 34.5. The van der Waals surface area contributed by atoms with Crippen molar-refractivity contribution in [2.45, 2.75) is 0 Å². The van der Waals surface area contributed by atoms with E-state index in [1.54, 1.807) is 0 Å². The lowest BCUT2D eigenvalue weighted by Gasteiger charge is -2.12. The van der Waals surface area contributed by atoms with Crippen LogP contribution in [0, 0.1) is 0 Å². The van der Waals surface area contributed by atoms with E-state index in [-0.39, 0.29) is 0 Å². The molecule has 0 aliphatic carbocycles. The van der Waals surface area contributed by atoms with Gasteiger partial charge in [-0.2, -0.15) is 0 Å². The van der Waals surface area contributed by atoms with E-state index in [9.17, 15) is 0 Å². The lowest BCUT2D eigenvalue weighted by Crippen LogP contribution is -2.03. The van der Waals surface area contributed by atoms with Crippen LogP contribution in [0.15, 0.2) is 206 Å². The molecule has 0 aliphatic rings. The minimum Gasteiger partial charge on any atom is -0.294 e. The van der Waals surface area contributed by atoms with Crippen LogP contribution in [-0.4, -0.2) is 29.1 Å². The molecule has 13 aromatic rings. The third-order valence-corrected chi connectivity index (χ3v) is 13.3. The summed E-state index contributed by atoms with van der Waals surface area (Å²) in [6.07, 6.45) is 0. The Bertz CT molecular complexity index is 3780. The largest absolute Gasteiger partial charge is 0.294 e. The molecular weight excluding hydrogens is 789 g/mol. The molecule has 0 radical (unpaired) electrons. The van der Waals surface area contributed by atoms with Gasteiger partial charge in [-0.05, 0) is 42.5 Å². The molecule has 0 saturated carbocycles. The molecule has 0 fully saturated rings. The first-order valence-corrected chi connectivity index (χ1v) is 21.9. The Morgan fingerprint density at radius 3 is 1.37 bits per heavy atom. The fourth-order valence-electron chi connectivity index (χ4n) is 9.23. The van der Waals surface area contributed by atoms with Gasteiger partial charge >= 0.3 is 0 Å². The van der Waals surface area contributed by atoms with E-state index < -0.39 is 0 Å². The highest BCUT2D eigenvalue weighted by atomic mass is 32.1. The van der Waals surface area contributed by atoms with Gasteiger partial charge < -0.3 is 0 Å². The van der Waals surface area contributed by atoms with Crippen LogP contribution in [0.2, 0.25) is 0 Å². The first-order chi connectivity index (χ1) is 31.2. The predicted molar refractivity (Wildman–Crippen MR) is 261 cm³/mol. The lowest BCUT2D eigenvalue weighted by molar-refractivity contribution is 0.996. The summed E-state index contributed by atoms with van der Waals surface area (Å²) in [4.78, 5) is 21.0. The Labute approximate surface area is 365 Å². The number of hydrogen-bond acceptors (Lipinski definition) is 5. The van der Waals surface area contributed by atoms with Gasteiger partial charge in [-0.15, -0.1) is 11.3 Å². The summed E-state index contributed by atoms with van der Waals surface area (Å²) in [6, 6.07) is 72.4. The number of fused-ring (bicyclic) bond motifs is 9. The first-order valence-electron chi connectivity index (χ1n) is 21.1.